The van der Waals surface area contributed by atoms with Crippen LogP contribution in [0.2, 0.25) is 0 Å². The maximum Gasteiger partial charge on any atom is 0.125 e. The zero-order valence-corrected chi connectivity index (χ0v) is 39.6. The molecule has 7 atom stereocenters. The Morgan fingerprint density at radius 3 is 2.57 bits per heavy atom. The van der Waals surface area contributed by atoms with E-state index >= 15 is 0 Å². The molecule has 0 saturated heterocycles. The highest BCUT2D eigenvalue weighted by atomic mass is 15.3. The molecule has 336 valence electrons. The monoisotopic (exact) mass is 863 g/mol. The van der Waals surface area contributed by atoms with Gasteiger partial charge in [0.15, 0.2) is 0 Å². The van der Waals surface area contributed by atoms with Crippen molar-refractivity contribution < 1.29 is 0 Å². The zero-order chi connectivity index (χ0) is 43.6. The molecule has 0 spiro atoms. The van der Waals surface area contributed by atoms with E-state index in [4.69, 9.17) is 15.0 Å². The molecule has 4 heterocycles. The van der Waals surface area contributed by atoms with Gasteiger partial charge in [-0.2, -0.15) is 0 Å². The molecule has 0 radical (unpaired) electrons. The Hall–Kier alpha value is -4.71. The summed E-state index contributed by atoms with van der Waals surface area (Å²) in [5.74, 6) is 2.13. The standard InChI is InChI=1S/C59H70N6/c1-35(2)45-34-49(65(42-15-9-6-10-16-42)51-26-22-37-18-17-36-12-11-30-60-55(36)57(37)63-51)46-33-47-52-40(27-29-59(47,3)4)32-48(44-24-23-43(45)53(46)54(44)52)64(41-13-7-5-8-14-41)50-25-21-38-19-20-39-28-31-61-56(39)58(38)62-50/h7,9,13-15,19-20,30,32-35,37-38,42,44,50-51,54,61H,5-6,8,10-12,16-18,21-29,31H2,1-4H3. The first-order valence-electron chi connectivity index (χ1n) is 26.3. The van der Waals surface area contributed by atoms with Crippen molar-refractivity contribution in [1.82, 2.24) is 10.2 Å². The van der Waals surface area contributed by atoms with Gasteiger partial charge >= 0.3 is 0 Å². The minimum atomic E-state index is 0.0927. The van der Waals surface area contributed by atoms with Crippen molar-refractivity contribution in [2.45, 2.75) is 173 Å². The van der Waals surface area contributed by atoms with Gasteiger partial charge in [-0.3, -0.25) is 15.0 Å². The average Bonchev–Trinajstić information content (AvgIpc) is 3.83. The number of anilines is 1. The largest absolute Gasteiger partial charge is 0.383 e. The first kappa shape index (κ1) is 40.6. The summed E-state index contributed by atoms with van der Waals surface area (Å²) < 4.78 is 0. The number of nitrogens with zero attached hydrogens (tertiary/aromatic N) is 5. The van der Waals surface area contributed by atoms with Crippen LogP contribution in [0.25, 0.3) is 6.08 Å². The fraction of sp³-hybridized carbons (Fsp3) is 0.542. The van der Waals surface area contributed by atoms with Crippen LogP contribution in [0, 0.1) is 23.2 Å². The molecule has 13 rings (SSSR count). The molecule has 0 saturated carbocycles. The number of aliphatic imine (C=N–C) groups is 3. The summed E-state index contributed by atoms with van der Waals surface area (Å²) in [5.41, 5.74) is 24.0. The predicted octanol–water partition coefficient (Wildman–Crippen LogP) is 13.4. The van der Waals surface area contributed by atoms with E-state index in [1.165, 1.54) is 96.7 Å². The molecule has 0 fully saturated rings. The number of fused-ring (bicyclic) bond motifs is 4. The van der Waals surface area contributed by atoms with Crippen LogP contribution in [0.4, 0.5) is 5.69 Å². The highest BCUT2D eigenvalue weighted by Gasteiger charge is 2.51. The smallest absolute Gasteiger partial charge is 0.125 e. The molecule has 6 heteroatoms. The van der Waals surface area contributed by atoms with Crippen molar-refractivity contribution in [2.24, 2.45) is 38.1 Å². The highest BCUT2D eigenvalue weighted by Crippen LogP contribution is 2.63. The van der Waals surface area contributed by atoms with E-state index in [-0.39, 0.29) is 17.7 Å². The van der Waals surface area contributed by atoms with Gasteiger partial charge in [-0.1, -0.05) is 64.2 Å². The second kappa shape index (κ2) is 15.7. The summed E-state index contributed by atoms with van der Waals surface area (Å²) in [4.78, 5) is 22.6. The molecule has 65 heavy (non-hydrogen) atoms. The van der Waals surface area contributed by atoms with E-state index in [1.54, 1.807) is 44.7 Å². The van der Waals surface area contributed by atoms with Crippen LogP contribution in [-0.4, -0.2) is 47.5 Å². The lowest BCUT2D eigenvalue weighted by molar-refractivity contribution is 0.240. The third-order valence-electron chi connectivity index (χ3n) is 18.1. The van der Waals surface area contributed by atoms with Gasteiger partial charge in [-0.25, -0.2) is 0 Å². The fourth-order valence-corrected chi connectivity index (χ4v) is 14.8. The SMILES string of the molecule is CC(C)c1cc(N(C2C=CCCC2)C2CCC3CCC4=C(N=CCC4)C3=N2)c2c3c1CCC1C(N(C4=CCCC=C4)C4CCC5C=CC6=C(NCC6)C5=N4)=CC4=C(C(=C2)C(C)(C)CC4)C31. The molecule has 0 aromatic heterocycles. The molecular weight excluding hydrogens is 793 g/mol. The Bertz CT molecular complexity index is 2620. The van der Waals surface area contributed by atoms with Crippen LogP contribution in [0.15, 0.2) is 120 Å². The van der Waals surface area contributed by atoms with Crippen LogP contribution in [0.3, 0.4) is 0 Å². The number of allylic oxidation sites excluding steroid dienone is 14. The summed E-state index contributed by atoms with van der Waals surface area (Å²) in [6.45, 7) is 11.1. The van der Waals surface area contributed by atoms with Crippen molar-refractivity contribution in [3.05, 3.63) is 128 Å². The third kappa shape index (κ3) is 6.48. The van der Waals surface area contributed by atoms with Crippen LogP contribution in [0.5, 0.6) is 0 Å². The molecule has 4 aliphatic heterocycles. The van der Waals surface area contributed by atoms with Gasteiger partial charge in [0.25, 0.3) is 0 Å². The van der Waals surface area contributed by atoms with E-state index in [0.29, 0.717) is 35.6 Å². The summed E-state index contributed by atoms with van der Waals surface area (Å²) in [7, 11) is 0. The van der Waals surface area contributed by atoms with Crippen LogP contribution < -0.4 is 10.2 Å². The van der Waals surface area contributed by atoms with Crippen LogP contribution in [0.1, 0.15) is 171 Å². The molecular formula is C59H70N6. The topological polar surface area (TPSA) is 55.6 Å². The minimum absolute atomic E-state index is 0.0927. The summed E-state index contributed by atoms with van der Waals surface area (Å²) >= 11 is 0. The van der Waals surface area contributed by atoms with Crippen LogP contribution in [-0.2, 0) is 6.42 Å². The van der Waals surface area contributed by atoms with Gasteiger partial charge in [0.2, 0.25) is 0 Å². The quantitative estimate of drug-likeness (QED) is 0.278. The first-order chi connectivity index (χ1) is 31.8. The van der Waals surface area contributed by atoms with Gasteiger partial charge in [0.05, 0.1) is 22.8 Å². The lowest BCUT2D eigenvalue weighted by atomic mass is 9.55. The number of hydrogen-bond acceptors (Lipinski definition) is 6. The predicted molar refractivity (Wildman–Crippen MR) is 269 cm³/mol. The summed E-state index contributed by atoms with van der Waals surface area (Å²) in [5, 5.41) is 3.79. The fourth-order valence-electron chi connectivity index (χ4n) is 14.8. The second-order valence-electron chi connectivity index (χ2n) is 22.6. The molecule has 1 aromatic carbocycles. The molecule has 0 bridgehead atoms. The Morgan fingerprint density at radius 1 is 0.800 bits per heavy atom. The van der Waals surface area contributed by atoms with Crippen LogP contribution >= 0.6 is 0 Å². The molecule has 12 aliphatic rings. The summed E-state index contributed by atoms with van der Waals surface area (Å²) in [6.07, 6.45) is 46.0. The Labute approximate surface area is 388 Å². The van der Waals surface area contributed by atoms with Gasteiger partial charge in [-0.05, 0) is 196 Å². The first-order valence-corrected chi connectivity index (χ1v) is 26.3. The number of nitrogens with one attached hydrogen (secondary N) is 1. The van der Waals surface area contributed by atoms with Gasteiger partial charge in [0, 0.05) is 65.1 Å². The van der Waals surface area contributed by atoms with Crippen molar-refractivity contribution in [1.29, 1.82) is 0 Å². The lowest BCUT2D eigenvalue weighted by Crippen LogP contribution is -2.47. The summed E-state index contributed by atoms with van der Waals surface area (Å²) in [6, 6.07) is 3.04. The Morgan fingerprint density at radius 2 is 1.71 bits per heavy atom. The molecule has 7 unspecified atom stereocenters. The Balaban J connectivity index is 1.00. The number of benzene rings is 1. The Kier molecular flexibility index (Phi) is 9.79. The third-order valence-corrected chi connectivity index (χ3v) is 18.1. The maximum absolute atomic E-state index is 5.93. The number of rotatable bonds is 7. The molecule has 1 aromatic rings. The van der Waals surface area contributed by atoms with Gasteiger partial charge < -0.3 is 15.1 Å². The van der Waals surface area contributed by atoms with E-state index in [9.17, 15) is 0 Å². The second-order valence-corrected chi connectivity index (χ2v) is 22.6. The normalized spacial score (nSPS) is 32.3. The van der Waals surface area contributed by atoms with Crippen molar-refractivity contribution in [3.8, 4) is 0 Å². The van der Waals surface area contributed by atoms with Crippen molar-refractivity contribution in [2.75, 3.05) is 11.4 Å². The highest BCUT2D eigenvalue weighted by molar-refractivity contribution is 6.06. The van der Waals surface area contributed by atoms with E-state index < -0.39 is 0 Å². The van der Waals surface area contributed by atoms with E-state index in [0.717, 1.165) is 70.8 Å². The van der Waals surface area contributed by atoms with Gasteiger partial charge in [0.1, 0.15) is 12.3 Å². The van der Waals surface area contributed by atoms with E-state index in [1.807, 2.05) is 0 Å². The van der Waals surface area contributed by atoms with Gasteiger partial charge in [-0.15, -0.1) is 0 Å². The minimum Gasteiger partial charge on any atom is -0.383 e. The molecule has 0 amide bonds. The zero-order valence-electron chi connectivity index (χ0n) is 39.6. The van der Waals surface area contributed by atoms with Crippen molar-refractivity contribution >= 4 is 29.4 Å². The van der Waals surface area contributed by atoms with Crippen molar-refractivity contribution in [3.63, 3.8) is 0 Å². The molecule has 1 N–H and O–H groups in total. The average molecular weight is 863 g/mol. The number of hydrogen-bond donors (Lipinski definition) is 1. The molecule has 8 aliphatic carbocycles. The maximum atomic E-state index is 5.93. The lowest BCUT2D eigenvalue weighted by Gasteiger charge is -2.53. The van der Waals surface area contributed by atoms with E-state index in [2.05, 4.69) is 110 Å². The molecule has 6 nitrogen and oxygen atoms in total.